The summed E-state index contributed by atoms with van der Waals surface area (Å²) < 4.78 is 15.4. The van der Waals surface area contributed by atoms with Gasteiger partial charge in [0.05, 0.1) is 6.61 Å². The zero-order valence-corrected chi connectivity index (χ0v) is 8.02. The fourth-order valence-corrected chi connectivity index (χ4v) is 1.14. The maximum Gasteiger partial charge on any atom is 0.188 e. The molecule has 0 bridgehead atoms. The predicted molar refractivity (Wildman–Crippen MR) is 44.9 cm³/mol. The highest BCUT2D eigenvalue weighted by atomic mass is 31.1. The lowest BCUT2D eigenvalue weighted by atomic mass is 10.1. The average molecular weight is 164 g/mol. The van der Waals surface area contributed by atoms with Crippen molar-refractivity contribution >= 4 is 8.03 Å². The van der Waals surface area contributed by atoms with Crippen molar-refractivity contribution in [3.05, 3.63) is 0 Å². The largest absolute Gasteiger partial charge is 0.331 e. The minimum atomic E-state index is -1.68. The molecule has 0 aliphatic heterocycles. The van der Waals surface area contributed by atoms with Crippen molar-refractivity contribution in [3.8, 4) is 0 Å². The Morgan fingerprint density at radius 2 is 2.10 bits per heavy atom. The molecule has 0 aromatic rings. The Morgan fingerprint density at radius 3 is 2.50 bits per heavy atom. The summed E-state index contributed by atoms with van der Waals surface area (Å²) in [5.74, 6) is 0.725. The fraction of sp³-hybridized carbons (Fsp3) is 1.00. The third-order valence-corrected chi connectivity index (χ3v) is 1.84. The zero-order chi connectivity index (χ0) is 7.98. The van der Waals surface area contributed by atoms with Crippen LogP contribution >= 0.6 is 8.03 Å². The monoisotopic (exact) mass is 164 g/mol. The smallest absolute Gasteiger partial charge is 0.188 e. The van der Waals surface area contributed by atoms with Crippen LogP contribution in [0, 0.1) is 5.92 Å². The SMILES string of the molecule is CC(C)CCCO[PH](C)=O. The van der Waals surface area contributed by atoms with Gasteiger partial charge in [0.1, 0.15) is 0 Å². The second-order valence-corrected chi connectivity index (χ2v) is 4.15. The van der Waals surface area contributed by atoms with Gasteiger partial charge in [-0.05, 0) is 18.8 Å². The van der Waals surface area contributed by atoms with Gasteiger partial charge in [-0.15, -0.1) is 0 Å². The molecule has 0 aliphatic carbocycles. The quantitative estimate of drug-likeness (QED) is 0.461. The third kappa shape index (κ3) is 8.19. The van der Waals surface area contributed by atoms with Crippen molar-refractivity contribution in [1.29, 1.82) is 0 Å². The molecule has 2 nitrogen and oxygen atoms in total. The molecule has 0 rings (SSSR count). The molecular formula is C7H17O2P. The number of hydrogen-bond acceptors (Lipinski definition) is 2. The minimum Gasteiger partial charge on any atom is -0.331 e. The van der Waals surface area contributed by atoms with Crippen LogP contribution in [-0.4, -0.2) is 13.3 Å². The molecule has 0 aromatic carbocycles. The summed E-state index contributed by atoms with van der Waals surface area (Å²) in [6.45, 7) is 6.64. The Bertz CT molecular complexity index is 102. The van der Waals surface area contributed by atoms with Gasteiger partial charge in [-0.2, -0.15) is 0 Å². The molecule has 1 unspecified atom stereocenters. The van der Waals surface area contributed by atoms with Crippen LogP contribution < -0.4 is 0 Å². The van der Waals surface area contributed by atoms with Gasteiger partial charge in [0.15, 0.2) is 8.03 Å². The van der Waals surface area contributed by atoms with E-state index in [1.54, 1.807) is 6.66 Å². The van der Waals surface area contributed by atoms with Crippen LogP contribution in [0.15, 0.2) is 0 Å². The summed E-state index contributed by atoms with van der Waals surface area (Å²) in [5, 5.41) is 0. The lowest BCUT2D eigenvalue weighted by molar-refractivity contribution is 0.311. The predicted octanol–water partition coefficient (Wildman–Crippen LogP) is 2.54. The lowest BCUT2D eigenvalue weighted by Gasteiger charge is -2.02. The second kappa shape index (κ2) is 5.94. The molecule has 0 N–H and O–H groups in total. The van der Waals surface area contributed by atoms with Crippen LogP contribution in [0.3, 0.4) is 0 Å². The van der Waals surface area contributed by atoms with E-state index in [1.807, 2.05) is 0 Å². The van der Waals surface area contributed by atoms with Gasteiger partial charge in [-0.3, -0.25) is 4.57 Å². The average Bonchev–Trinajstić information content (AvgIpc) is 1.79. The summed E-state index contributed by atoms with van der Waals surface area (Å²) in [6, 6.07) is 0. The molecule has 0 aliphatic rings. The van der Waals surface area contributed by atoms with Crippen LogP contribution in [0.5, 0.6) is 0 Å². The van der Waals surface area contributed by atoms with Gasteiger partial charge in [0.25, 0.3) is 0 Å². The third-order valence-electron chi connectivity index (χ3n) is 1.23. The molecule has 0 spiro atoms. The first-order chi connectivity index (χ1) is 4.63. The van der Waals surface area contributed by atoms with Gasteiger partial charge in [0.2, 0.25) is 0 Å². The maximum absolute atomic E-state index is 10.5. The Morgan fingerprint density at radius 1 is 1.50 bits per heavy atom. The van der Waals surface area contributed by atoms with Crippen molar-refractivity contribution in [2.24, 2.45) is 5.92 Å². The second-order valence-electron chi connectivity index (χ2n) is 2.88. The van der Waals surface area contributed by atoms with Gasteiger partial charge in [-0.25, -0.2) is 0 Å². The van der Waals surface area contributed by atoms with Crippen LogP contribution in [-0.2, 0) is 9.09 Å². The normalized spacial score (nSPS) is 14.0. The van der Waals surface area contributed by atoms with Crippen molar-refractivity contribution in [1.82, 2.24) is 0 Å². The molecule has 0 saturated carbocycles. The highest BCUT2D eigenvalue weighted by Gasteiger charge is 1.94. The van der Waals surface area contributed by atoms with E-state index in [0.29, 0.717) is 6.61 Å². The van der Waals surface area contributed by atoms with Crippen LogP contribution in [0.25, 0.3) is 0 Å². The summed E-state index contributed by atoms with van der Waals surface area (Å²) in [7, 11) is -1.68. The molecule has 0 amide bonds. The first-order valence-electron chi connectivity index (χ1n) is 3.76. The summed E-state index contributed by atoms with van der Waals surface area (Å²) in [6.07, 6.45) is 2.19. The van der Waals surface area contributed by atoms with Gasteiger partial charge in [-0.1, -0.05) is 13.8 Å². The van der Waals surface area contributed by atoms with E-state index in [1.165, 1.54) is 0 Å². The highest BCUT2D eigenvalue weighted by molar-refractivity contribution is 7.38. The van der Waals surface area contributed by atoms with Gasteiger partial charge >= 0.3 is 0 Å². The molecule has 0 fully saturated rings. The molecule has 62 valence electrons. The number of rotatable bonds is 5. The van der Waals surface area contributed by atoms with E-state index < -0.39 is 8.03 Å². The summed E-state index contributed by atoms with van der Waals surface area (Å²) >= 11 is 0. The first kappa shape index (κ1) is 10.2. The van der Waals surface area contributed by atoms with Crippen LogP contribution in [0.4, 0.5) is 0 Å². The Balaban J connectivity index is 2.98. The van der Waals surface area contributed by atoms with Gasteiger partial charge < -0.3 is 4.52 Å². The van der Waals surface area contributed by atoms with E-state index in [4.69, 9.17) is 4.52 Å². The fourth-order valence-electron chi connectivity index (χ4n) is 0.707. The van der Waals surface area contributed by atoms with Gasteiger partial charge in [0, 0.05) is 6.66 Å². The molecule has 1 atom stereocenters. The van der Waals surface area contributed by atoms with Crippen molar-refractivity contribution in [2.75, 3.05) is 13.3 Å². The molecule has 0 radical (unpaired) electrons. The van der Waals surface area contributed by atoms with E-state index in [2.05, 4.69) is 13.8 Å². The van der Waals surface area contributed by atoms with E-state index >= 15 is 0 Å². The zero-order valence-electron chi connectivity index (χ0n) is 7.02. The van der Waals surface area contributed by atoms with Crippen molar-refractivity contribution in [2.45, 2.75) is 26.7 Å². The standard InChI is InChI=1S/C7H17O2P/c1-7(2)5-4-6-9-10(3)8/h7,10H,4-6H2,1-3H3. The summed E-state index contributed by atoms with van der Waals surface area (Å²) in [5.41, 5.74) is 0. The molecular weight excluding hydrogens is 147 g/mol. The Labute approximate surface area is 63.8 Å². The van der Waals surface area contributed by atoms with E-state index in [9.17, 15) is 4.57 Å². The summed E-state index contributed by atoms with van der Waals surface area (Å²) in [4.78, 5) is 0. The minimum absolute atomic E-state index is 0.659. The topological polar surface area (TPSA) is 26.3 Å². The molecule has 0 saturated heterocycles. The van der Waals surface area contributed by atoms with Crippen LogP contribution in [0.1, 0.15) is 26.7 Å². The number of hydrogen-bond donors (Lipinski definition) is 0. The van der Waals surface area contributed by atoms with Crippen LogP contribution in [0.2, 0.25) is 0 Å². The van der Waals surface area contributed by atoms with E-state index in [0.717, 1.165) is 18.8 Å². The maximum atomic E-state index is 10.5. The lowest BCUT2D eigenvalue weighted by Crippen LogP contribution is -1.91. The van der Waals surface area contributed by atoms with Crippen molar-refractivity contribution < 1.29 is 9.09 Å². The Kier molecular flexibility index (Phi) is 6.05. The van der Waals surface area contributed by atoms with E-state index in [-0.39, 0.29) is 0 Å². The first-order valence-corrected chi connectivity index (χ1v) is 5.58. The Hall–Kier alpha value is 0.190. The highest BCUT2D eigenvalue weighted by Crippen LogP contribution is 2.16. The van der Waals surface area contributed by atoms with Crippen molar-refractivity contribution in [3.63, 3.8) is 0 Å². The molecule has 0 aromatic heterocycles. The molecule has 0 heterocycles. The molecule has 10 heavy (non-hydrogen) atoms. The molecule has 3 heteroatoms.